The van der Waals surface area contributed by atoms with Crippen molar-refractivity contribution in [3.8, 4) is 11.5 Å². The average Bonchev–Trinajstić information content (AvgIpc) is 3.16. The van der Waals surface area contributed by atoms with Crippen LogP contribution in [0.4, 0.5) is 0 Å². The summed E-state index contributed by atoms with van der Waals surface area (Å²) in [4.78, 5) is 14.3. The fraction of sp³-hybridized carbons (Fsp3) is 0.526. The van der Waals surface area contributed by atoms with Crippen LogP contribution in [-0.4, -0.2) is 43.7 Å². The number of nitrogens with two attached hydrogens (primary N) is 1. The van der Waals surface area contributed by atoms with E-state index in [1.54, 1.807) is 7.11 Å². The number of allylic oxidation sites excluding steroid dienone is 1. The Morgan fingerprint density at radius 2 is 2.17 bits per heavy atom. The second kappa shape index (κ2) is 7.26. The lowest BCUT2D eigenvalue weighted by molar-refractivity contribution is -0.132. The van der Waals surface area contributed by atoms with E-state index in [2.05, 4.69) is 0 Å². The molecular formula is C19H26N2O3. The van der Waals surface area contributed by atoms with Crippen molar-refractivity contribution in [2.24, 2.45) is 17.6 Å². The van der Waals surface area contributed by atoms with Crippen molar-refractivity contribution in [2.45, 2.75) is 25.8 Å². The minimum atomic E-state index is 0.0242. The van der Waals surface area contributed by atoms with Crippen LogP contribution < -0.4 is 15.2 Å². The molecule has 1 aromatic carbocycles. The van der Waals surface area contributed by atoms with E-state index in [-0.39, 0.29) is 18.6 Å². The molecule has 1 aliphatic heterocycles. The quantitative estimate of drug-likeness (QED) is 0.900. The molecule has 1 amide bonds. The first-order valence-corrected chi connectivity index (χ1v) is 8.59. The highest BCUT2D eigenvalue weighted by Gasteiger charge is 2.42. The lowest BCUT2D eigenvalue weighted by atomic mass is 9.98. The van der Waals surface area contributed by atoms with Crippen molar-refractivity contribution in [3.63, 3.8) is 0 Å². The van der Waals surface area contributed by atoms with Gasteiger partial charge < -0.3 is 20.1 Å². The molecule has 2 aliphatic rings. The first kappa shape index (κ1) is 16.8. The van der Waals surface area contributed by atoms with Gasteiger partial charge in [0, 0.05) is 19.1 Å². The van der Waals surface area contributed by atoms with Gasteiger partial charge in [0.1, 0.15) is 0 Å². The molecular weight excluding hydrogens is 304 g/mol. The molecule has 0 aromatic heterocycles. The number of hydrogen-bond donors (Lipinski definition) is 1. The van der Waals surface area contributed by atoms with Crippen LogP contribution in [-0.2, 0) is 4.79 Å². The predicted molar refractivity (Wildman–Crippen MR) is 94.0 cm³/mol. The van der Waals surface area contributed by atoms with E-state index in [4.69, 9.17) is 15.2 Å². The van der Waals surface area contributed by atoms with E-state index < -0.39 is 0 Å². The lowest BCUT2D eigenvalue weighted by Crippen LogP contribution is -2.36. The zero-order valence-corrected chi connectivity index (χ0v) is 14.4. The fourth-order valence-electron chi connectivity index (χ4n) is 3.84. The maximum atomic E-state index is 12.4. The van der Waals surface area contributed by atoms with Crippen molar-refractivity contribution < 1.29 is 14.3 Å². The van der Waals surface area contributed by atoms with E-state index >= 15 is 0 Å². The molecule has 5 nitrogen and oxygen atoms in total. The molecule has 1 heterocycles. The number of carbonyl (C=O) groups is 1. The molecule has 24 heavy (non-hydrogen) atoms. The summed E-state index contributed by atoms with van der Waals surface area (Å²) in [5.74, 6) is 2.28. The Balaban J connectivity index is 1.59. The standard InChI is InChI=1S/C19H26N2O3/c1-3-4-13-5-8-17(18(9-13)23-2)24-12-19(22)21-10-14-6-7-16(20)15(14)11-21/h3-5,8-9,14-16H,6-7,10-12,20H2,1-2H3/b4-3+. The maximum absolute atomic E-state index is 12.4. The minimum absolute atomic E-state index is 0.0242. The third-order valence-corrected chi connectivity index (χ3v) is 5.16. The smallest absolute Gasteiger partial charge is 0.260 e. The van der Waals surface area contributed by atoms with Crippen molar-refractivity contribution >= 4 is 12.0 Å². The summed E-state index contributed by atoms with van der Waals surface area (Å²) in [6.07, 6.45) is 6.18. The summed E-state index contributed by atoms with van der Waals surface area (Å²) in [5.41, 5.74) is 7.17. The number of fused-ring (bicyclic) bond motifs is 1. The molecule has 0 radical (unpaired) electrons. The lowest BCUT2D eigenvalue weighted by Gasteiger charge is -2.19. The third kappa shape index (κ3) is 3.41. The van der Waals surface area contributed by atoms with Crippen LogP contribution in [0.3, 0.4) is 0 Å². The van der Waals surface area contributed by atoms with Crippen molar-refractivity contribution in [1.29, 1.82) is 0 Å². The van der Waals surface area contributed by atoms with Gasteiger partial charge >= 0.3 is 0 Å². The number of ether oxygens (including phenoxy) is 2. The first-order chi connectivity index (χ1) is 11.6. The fourth-order valence-corrected chi connectivity index (χ4v) is 3.84. The second-order valence-corrected chi connectivity index (χ2v) is 6.66. The highest BCUT2D eigenvalue weighted by molar-refractivity contribution is 5.78. The van der Waals surface area contributed by atoms with Crippen molar-refractivity contribution in [2.75, 3.05) is 26.8 Å². The summed E-state index contributed by atoms with van der Waals surface area (Å²) < 4.78 is 11.1. The number of rotatable bonds is 5. The van der Waals surface area contributed by atoms with Gasteiger partial charge in [0.25, 0.3) is 5.91 Å². The molecule has 1 aromatic rings. The molecule has 0 bridgehead atoms. The Kier molecular flexibility index (Phi) is 5.09. The van der Waals surface area contributed by atoms with E-state index in [1.807, 2.05) is 42.2 Å². The summed E-state index contributed by atoms with van der Waals surface area (Å²) in [7, 11) is 1.60. The van der Waals surface area contributed by atoms with Gasteiger partial charge in [0.2, 0.25) is 0 Å². The third-order valence-electron chi connectivity index (χ3n) is 5.16. The second-order valence-electron chi connectivity index (χ2n) is 6.66. The van der Waals surface area contributed by atoms with E-state index in [0.717, 1.165) is 31.5 Å². The summed E-state index contributed by atoms with van der Waals surface area (Å²) in [5, 5.41) is 0. The zero-order chi connectivity index (χ0) is 17.1. The number of benzene rings is 1. The van der Waals surface area contributed by atoms with Gasteiger partial charge in [-0.1, -0.05) is 18.2 Å². The van der Waals surface area contributed by atoms with Gasteiger partial charge in [0.05, 0.1) is 7.11 Å². The highest BCUT2D eigenvalue weighted by atomic mass is 16.5. The SMILES string of the molecule is C/C=C/c1ccc(OCC(=O)N2CC3CCC(N)C3C2)c(OC)c1. The largest absolute Gasteiger partial charge is 0.493 e. The summed E-state index contributed by atoms with van der Waals surface area (Å²) >= 11 is 0. The zero-order valence-electron chi connectivity index (χ0n) is 14.4. The Bertz CT molecular complexity index is 629. The molecule has 2 fully saturated rings. The van der Waals surface area contributed by atoms with Crippen LogP contribution in [0.25, 0.3) is 6.08 Å². The highest BCUT2D eigenvalue weighted by Crippen LogP contribution is 2.37. The Labute approximate surface area is 143 Å². The van der Waals surface area contributed by atoms with Crippen LogP contribution >= 0.6 is 0 Å². The molecule has 5 heteroatoms. The number of hydrogen-bond acceptors (Lipinski definition) is 4. The van der Waals surface area contributed by atoms with Crippen LogP contribution in [0.2, 0.25) is 0 Å². The molecule has 130 valence electrons. The molecule has 2 N–H and O–H groups in total. The molecule has 3 atom stereocenters. The van der Waals surface area contributed by atoms with Gasteiger partial charge in [-0.3, -0.25) is 4.79 Å². The number of nitrogens with zero attached hydrogens (tertiary/aromatic N) is 1. The number of methoxy groups -OCH3 is 1. The normalized spacial score (nSPS) is 26.0. The van der Waals surface area contributed by atoms with Crippen LogP contribution in [0.15, 0.2) is 24.3 Å². The maximum Gasteiger partial charge on any atom is 0.260 e. The van der Waals surface area contributed by atoms with Gasteiger partial charge in [-0.15, -0.1) is 0 Å². The number of carbonyl (C=O) groups excluding carboxylic acids is 1. The number of likely N-dealkylation sites (tertiary alicyclic amines) is 1. The Morgan fingerprint density at radius 3 is 2.88 bits per heavy atom. The van der Waals surface area contributed by atoms with Gasteiger partial charge in [-0.25, -0.2) is 0 Å². The molecule has 3 rings (SSSR count). The topological polar surface area (TPSA) is 64.8 Å². The average molecular weight is 330 g/mol. The summed E-state index contributed by atoms with van der Waals surface area (Å²) in [6.45, 7) is 3.59. The van der Waals surface area contributed by atoms with Gasteiger partial charge in [-0.05, 0) is 49.3 Å². The first-order valence-electron chi connectivity index (χ1n) is 8.59. The van der Waals surface area contributed by atoms with Crippen LogP contribution in [0, 0.1) is 11.8 Å². The van der Waals surface area contributed by atoms with Crippen LogP contribution in [0.5, 0.6) is 11.5 Å². The monoisotopic (exact) mass is 330 g/mol. The molecule has 3 unspecified atom stereocenters. The van der Waals surface area contributed by atoms with Crippen molar-refractivity contribution in [1.82, 2.24) is 4.90 Å². The molecule has 0 spiro atoms. The molecule has 1 saturated carbocycles. The van der Waals surface area contributed by atoms with E-state index in [1.165, 1.54) is 0 Å². The Hall–Kier alpha value is -2.01. The Morgan fingerprint density at radius 1 is 1.33 bits per heavy atom. The van der Waals surface area contributed by atoms with E-state index in [0.29, 0.717) is 23.3 Å². The predicted octanol–water partition coefficient (Wildman–Crippen LogP) is 2.30. The van der Waals surface area contributed by atoms with Gasteiger partial charge in [-0.2, -0.15) is 0 Å². The minimum Gasteiger partial charge on any atom is -0.493 e. The van der Waals surface area contributed by atoms with Gasteiger partial charge in [0.15, 0.2) is 18.1 Å². The molecule has 1 aliphatic carbocycles. The van der Waals surface area contributed by atoms with Crippen LogP contribution in [0.1, 0.15) is 25.3 Å². The number of amides is 1. The summed E-state index contributed by atoms with van der Waals surface area (Å²) in [6, 6.07) is 5.93. The van der Waals surface area contributed by atoms with Crippen molar-refractivity contribution in [3.05, 3.63) is 29.8 Å². The van der Waals surface area contributed by atoms with E-state index in [9.17, 15) is 4.79 Å². The molecule has 1 saturated heterocycles.